The van der Waals surface area contributed by atoms with Crippen LogP contribution in [0.25, 0.3) is 17.0 Å². The predicted octanol–water partition coefficient (Wildman–Crippen LogP) is 3.75. The van der Waals surface area contributed by atoms with Crippen molar-refractivity contribution in [2.24, 2.45) is 0 Å². The number of benzene rings is 1. The Bertz CT molecular complexity index is 842. The van der Waals surface area contributed by atoms with Crippen molar-refractivity contribution >= 4 is 34.2 Å². The van der Waals surface area contributed by atoms with Crippen molar-refractivity contribution in [2.45, 2.75) is 0 Å². The molecule has 0 aliphatic rings. The number of carbonyl (C=O) groups excluding carboxylic acids is 1. The van der Waals surface area contributed by atoms with Crippen molar-refractivity contribution in [3.05, 3.63) is 74.8 Å². The van der Waals surface area contributed by atoms with E-state index in [1.165, 1.54) is 17.4 Å². The van der Waals surface area contributed by atoms with E-state index in [9.17, 15) is 9.59 Å². The summed E-state index contributed by atoms with van der Waals surface area (Å²) in [7, 11) is 0. The molecule has 0 fully saturated rings. The number of rotatable bonds is 3. The predicted molar refractivity (Wildman–Crippen MR) is 80.2 cm³/mol. The fourth-order valence-electron chi connectivity index (χ4n) is 1.87. The van der Waals surface area contributed by atoms with Crippen LogP contribution in [0.1, 0.15) is 15.2 Å². The standard InChI is InChI=1S/C16H10O3S/c17-14(8-7-12-5-3-9-20-12)13-10-11-4-1-2-6-15(11)19-16(13)18/h1-10H/b8-7+. The summed E-state index contributed by atoms with van der Waals surface area (Å²) in [6.07, 6.45) is 3.09. The largest absolute Gasteiger partial charge is 0.422 e. The Balaban J connectivity index is 1.99. The summed E-state index contributed by atoms with van der Waals surface area (Å²) in [6.45, 7) is 0. The number of fused-ring (bicyclic) bond motifs is 1. The summed E-state index contributed by atoms with van der Waals surface area (Å²) in [5.41, 5.74) is -0.0719. The van der Waals surface area contributed by atoms with Crippen molar-refractivity contribution in [3.8, 4) is 0 Å². The highest BCUT2D eigenvalue weighted by Crippen LogP contribution is 2.14. The molecule has 2 heterocycles. The molecule has 2 aromatic heterocycles. The first-order valence-electron chi connectivity index (χ1n) is 6.03. The van der Waals surface area contributed by atoms with Crippen LogP contribution < -0.4 is 5.63 Å². The van der Waals surface area contributed by atoms with Crippen molar-refractivity contribution in [1.82, 2.24) is 0 Å². The fourth-order valence-corrected chi connectivity index (χ4v) is 2.49. The van der Waals surface area contributed by atoms with Gasteiger partial charge in [-0.15, -0.1) is 11.3 Å². The molecule has 0 amide bonds. The Hall–Kier alpha value is -2.46. The minimum Gasteiger partial charge on any atom is -0.422 e. The number of hydrogen-bond acceptors (Lipinski definition) is 4. The van der Waals surface area contributed by atoms with Gasteiger partial charge in [0.1, 0.15) is 11.1 Å². The molecule has 1 aromatic carbocycles. The normalized spacial score (nSPS) is 11.2. The van der Waals surface area contributed by atoms with Gasteiger partial charge >= 0.3 is 5.63 Å². The van der Waals surface area contributed by atoms with Gasteiger partial charge in [-0.25, -0.2) is 4.79 Å². The van der Waals surface area contributed by atoms with Crippen molar-refractivity contribution in [3.63, 3.8) is 0 Å². The van der Waals surface area contributed by atoms with Gasteiger partial charge in [-0.3, -0.25) is 4.79 Å². The zero-order valence-corrected chi connectivity index (χ0v) is 11.2. The molecule has 0 unspecified atom stereocenters. The second-order valence-electron chi connectivity index (χ2n) is 4.20. The lowest BCUT2D eigenvalue weighted by Crippen LogP contribution is -2.11. The van der Waals surface area contributed by atoms with E-state index in [1.54, 1.807) is 30.3 Å². The molecule has 0 atom stereocenters. The SMILES string of the molecule is O=C(/C=C/c1cccs1)c1cc2ccccc2oc1=O. The van der Waals surface area contributed by atoms with E-state index in [-0.39, 0.29) is 11.3 Å². The Morgan fingerprint density at radius 3 is 2.80 bits per heavy atom. The van der Waals surface area contributed by atoms with Crippen LogP contribution in [0.5, 0.6) is 0 Å². The maximum atomic E-state index is 12.1. The molecule has 0 saturated heterocycles. The first-order valence-corrected chi connectivity index (χ1v) is 6.91. The molecule has 3 nitrogen and oxygen atoms in total. The van der Waals surface area contributed by atoms with Crippen molar-refractivity contribution in [1.29, 1.82) is 0 Å². The van der Waals surface area contributed by atoms with Crippen LogP contribution in [-0.4, -0.2) is 5.78 Å². The lowest BCUT2D eigenvalue weighted by Gasteiger charge is -1.98. The van der Waals surface area contributed by atoms with Gasteiger partial charge in [-0.2, -0.15) is 0 Å². The second kappa shape index (κ2) is 5.27. The smallest absolute Gasteiger partial charge is 0.347 e. The maximum Gasteiger partial charge on any atom is 0.347 e. The number of para-hydroxylation sites is 1. The molecule has 0 aliphatic carbocycles. The molecule has 0 saturated carbocycles. The molecule has 4 heteroatoms. The molecule has 0 N–H and O–H groups in total. The third-order valence-corrected chi connectivity index (χ3v) is 3.69. The molecular weight excluding hydrogens is 272 g/mol. The van der Waals surface area contributed by atoms with E-state index in [0.717, 1.165) is 10.3 Å². The maximum absolute atomic E-state index is 12.1. The van der Waals surface area contributed by atoms with Crippen molar-refractivity contribution in [2.75, 3.05) is 0 Å². The van der Waals surface area contributed by atoms with Gasteiger partial charge in [-0.1, -0.05) is 24.3 Å². The zero-order valence-electron chi connectivity index (χ0n) is 10.4. The monoisotopic (exact) mass is 282 g/mol. The highest BCUT2D eigenvalue weighted by atomic mass is 32.1. The van der Waals surface area contributed by atoms with Crippen LogP contribution in [0.15, 0.2) is 63.1 Å². The van der Waals surface area contributed by atoms with Gasteiger partial charge in [0, 0.05) is 10.3 Å². The first-order chi connectivity index (χ1) is 9.74. The van der Waals surface area contributed by atoms with Gasteiger partial charge in [0.15, 0.2) is 5.78 Å². The van der Waals surface area contributed by atoms with E-state index in [4.69, 9.17) is 4.42 Å². The second-order valence-corrected chi connectivity index (χ2v) is 5.18. The third kappa shape index (κ3) is 2.46. The van der Waals surface area contributed by atoms with Crippen LogP contribution in [0, 0.1) is 0 Å². The van der Waals surface area contributed by atoms with E-state index >= 15 is 0 Å². The number of thiophene rings is 1. The van der Waals surface area contributed by atoms with Crippen LogP contribution >= 0.6 is 11.3 Å². The lowest BCUT2D eigenvalue weighted by molar-refractivity contribution is 0.104. The van der Waals surface area contributed by atoms with Crippen LogP contribution in [0.2, 0.25) is 0 Å². The van der Waals surface area contributed by atoms with Gasteiger partial charge < -0.3 is 4.42 Å². The summed E-state index contributed by atoms with van der Waals surface area (Å²) in [5.74, 6) is -0.349. The number of carbonyl (C=O) groups is 1. The minimum atomic E-state index is -0.607. The number of allylic oxidation sites excluding steroid dienone is 1. The highest BCUT2D eigenvalue weighted by molar-refractivity contribution is 7.10. The average molecular weight is 282 g/mol. The summed E-state index contributed by atoms with van der Waals surface area (Å²) >= 11 is 1.53. The summed E-state index contributed by atoms with van der Waals surface area (Å²) < 4.78 is 5.14. The first kappa shape index (κ1) is 12.6. The van der Waals surface area contributed by atoms with E-state index in [1.807, 2.05) is 23.6 Å². The quantitative estimate of drug-likeness (QED) is 0.417. The van der Waals surface area contributed by atoms with Gasteiger partial charge in [-0.05, 0) is 35.7 Å². The van der Waals surface area contributed by atoms with E-state index in [0.29, 0.717) is 5.58 Å². The topological polar surface area (TPSA) is 47.3 Å². The summed E-state index contributed by atoms with van der Waals surface area (Å²) in [5, 5.41) is 2.66. The Morgan fingerprint density at radius 1 is 1.15 bits per heavy atom. The van der Waals surface area contributed by atoms with Gasteiger partial charge in [0.2, 0.25) is 0 Å². The van der Waals surface area contributed by atoms with Crippen molar-refractivity contribution < 1.29 is 9.21 Å². The molecule has 0 aliphatic heterocycles. The average Bonchev–Trinajstić information content (AvgIpc) is 2.97. The molecule has 20 heavy (non-hydrogen) atoms. The number of ketones is 1. The van der Waals surface area contributed by atoms with Gasteiger partial charge in [0.25, 0.3) is 0 Å². The Kier molecular flexibility index (Phi) is 3.31. The molecule has 0 radical (unpaired) electrons. The van der Waals surface area contributed by atoms with Gasteiger partial charge in [0.05, 0.1) is 0 Å². The molecule has 0 spiro atoms. The van der Waals surface area contributed by atoms with Crippen LogP contribution in [-0.2, 0) is 0 Å². The lowest BCUT2D eigenvalue weighted by atomic mass is 10.1. The summed E-state index contributed by atoms with van der Waals surface area (Å²) in [6, 6.07) is 12.5. The zero-order chi connectivity index (χ0) is 13.9. The Morgan fingerprint density at radius 2 is 2.00 bits per heavy atom. The fraction of sp³-hybridized carbons (Fsp3) is 0. The van der Waals surface area contributed by atoms with E-state index < -0.39 is 5.63 Å². The minimum absolute atomic E-state index is 0.0523. The Labute approximate surface area is 118 Å². The molecule has 0 bridgehead atoms. The molecule has 98 valence electrons. The molecule has 3 aromatic rings. The van der Waals surface area contributed by atoms with Crippen LogP contribution in [0.4, 0.5) is 0 Å². The third-order valence-electron chi connectivity index (χ3n) is 2.85. The number of hydrogen-bond donors (Lipinski definition) is 0. The van der Waals surface area contributed by atoms with E-state index in [2.05, 4.69) is 0 Å². The molecular formula is C16H10O3S. The van der Waals surface area contributed by atoms with Crippen LogP contribution in [0.3, 0.4) is 0 Å². The molecule has 3 rings (SSSR count). The highest BCUT2D eigenvalue weighted by Gasteiger charge is 2.10. The summed E-state index contributed by atoms with van der Waals surface area (Å²) in [4.78, 5) is 24.8.